The minimum absolute atomic E-state index is 0.0516. The largest absolute Gasteiger partial charge is 0.379 e. The third kappa shape index (κ3) is 3.81. The van der Waals surface area contributed by atoms with Crippen molar-refractivity contribution in [2.75, 3.05) is 29.0 Å². The normalized spacial score (nSPS) is 14.1. The van der Waals surface area contributed by atoms with Crippen LogP contribution in [0.4, 0.5) is 17.2 Å². The highest BCUT2D eigenvalue weighted by molar-refractivity contribution is 5.93. The molecule has 3 heterocycles. The molecule has 2 aromatic carbocycles. The van der Waals surface area contributed by atoms with Gasteiger partial charge in [-0.25, -0.2) is 9.61 Å². The number of rotatable bonds is 5. The molecule has 0 unspecified atom stereocenters. The average Bonchev–Trinajstić information content (AvgIpc) is 3.38. The van der Waals surface area contributed by atoms with Crippen LogP contribution in [0.5, 0.6) is 0 Å². The molecule has 0 spiro atoms. The molecule has 5 rings (SSSR count). The van der Waals surface area contributed by atoms with Crippen molar-refractivity contribution in [3.8, 4) is 11.5 Å². The molecular weight excluding hydrogens is 394 g/mol. The molecule has 0 radical (unpaired) electrons. The fourth-order valence-corrected chi connectivity index (χ4v) is 4.02. The maximum Gasteiger partial charge on any atom is 0.244 e. The molecule has 9 nitrogen and oxygen atoms in total. The van der Waals surface area contributed by atoms with Crippen LogP contribution in [0.15, 0.2) is 53.2 Å². The third-order valence-corrected chi connectivity index (χ3v) is 5.55. The summed E-state index contributed by atoms with van der Waals surface area (Å²) < 4.78 is 6.50. The van der Waals surface area contributed by atoms with Gasteiger partial charge in [0.25, 0.3) is 0 Å². The number of nitrogens with two attached hydrogens (primary N) is 1. The number of imidazole rings is 1. The van der Waals surface area contributed by atoms with Crippen molar-refractivity contribution >= 4 is 34.1 Å². The smallest absolute Gasteiger partial charge is 0.244 e. The van der Waals surface area contributed by atoms with Gasteiger partial charge < -0.3 is 20.5 Å². The number of piperidine rings is 1. The number of carbonyl (C=O) groups excluding carboxylic acids is 1. The zero-order valence-electron chi connectivity index (χ0n) is 17.0. The van der Waals surface area contributed by atoms with E-state index >= 15 is 0 Å². The van der Waals surface area contributed by atoms with Crippen LogP contribution in [0.25, 0.3) is 22.6 Å². The molecule has 1 amide bonds. The van der Waals surface area contributed by atoms with Gasteiger partial charge in [0.15, 0.2) is 17.3 Å². The van der Waals surface area contributed by atoms with E-state index in [2.05, 4.69) is 37.6 Å². The highest BCUT2D eigenvalue weighted by Gasteiger charge is 2.20. The van der Waals surface area contributed by atoms with Crippen molar-refractivity contribution in [3.63, 3.8) is 0 Å². The summed E-state index contributed by atoms with van der Waals surface area (Å²) in [6.45, 7) is 2.22. The zero-order chi connectivity index (χ0) is 21.2. The number of nitrogen functional groups attached to an aromatic ring is 1. The van der Waals surface area contributed by atoms with E-state index in [1.54, 1.807) is 4.57 Å². The van der Waals surface area contributed by atoms with Crippen molar-refractivity contribution in [2.45, 2.75) is 25.8 Å². The first-order valence-electron chi connectivity index (χ1n) is 10.4. The Balaban J connectivity index is 1.36. The number of aromatic nitrogens is 4. The molecule has 0 bridgehead atoms. The van der Waals surface area contributed by atoms with Crippen molar-refractivity contribution < 1.29 is 9.42 Å². The Bertz CT molecular complexity index is 1210. The van der Waals surface area contributed by atoms with E-state index < -0.39 is 0 Å². The third-order valence-electron chi connectivity index (χ3n) is 5.55. The van der Waals surface area contributed by atoms with Gasteiger partial charge in [0, 0.05) is 24.5 Å². The second-order valence-electron chi connectivity index (χ2n) is 7.65. The van der Waals surface area contributed by atoms with E-state index in [0.717, 1.165) is 29.8 Å². The van der Waals surface area contributed by atoms with Crippen molar-refractivity contribution in [2.24, 2.45) is 0 Å². The Hall–Kier alpha value is -3.88. The lowest BCUT2D eigenvalue weighted by Crippen LogP contribution is -2.29. The van der Waals surface area contributed by atoms with E-state index in [-0.39, 0.29) is 18.3 Å². The number of fused-ring (bicyclic) bond motifs is 1. The number of hydrogen-bond acceptors (Lipinski definition) is 7. The zero-order valence-corrected chi connectivity index (χ0v) is 17.0. The second-order valence-corrected chi connectivity index (χ2v) is 7.65. The molecule has 0 aliphatic carbocycles. The van der Waals surface area contributed by atoms with Crippen LogP contribution in [0, 0.1) is 0 Å². The predicted octanol–water partition coefficient (Wildman–Crippen LogP) is 3.30. The van der Waals surface area contributed by atoms with Gasteiger partial charge in [-0.05, 0) is 66.0 Å². The molecule has 158 valence electrons. The minimum Gasteiger partial charge on any atom is -0.379 e. The van der Waals surface area contributed by atoms with Crippen molar-refractivity contribution in [1.82, 2.24) is 19.9 Å². The first-order valence-corrected chi connectivity index (χ1v) is 10.4. The number of carbonyl (C=O) groups is 1. The number of amides is 1. The summed E-state index contributed by atoms with van der Waals surface area (Å²) >= 11 is 0. The van der Waals surface area contributed by atoms with E-state index in [0.29, 0.717) is 11.5 Å². The Morgan fingerprint density at radius 2 is 1.81 bits per heavy atom. The fourth-order valence-electron chi connectivity index (χ4n) is 4.02. The Morgan fingerprint density at radius 3 is 2.55 bits per heavy atom. The molecule has 2 aromatic heterocycles. The van der Waals surface area contributed by atoms with E-state index in [9.17, 15) is 4.79 Å². The maximum atomic E-state index is 12.9. The first-order chi connectivity index (χ1) is 15.2. The van der Waals surface area contributed by atoms with Crippen LogP contribution in [-0.4, -0.2) is 38.9 Å². The number of anilines is 3. The Morgan fingerprint density at radius 1 is 1.03 bits per heavy atom. The molecule has 31 heavy (non-hydrogen) atoms. The molecule has 0 atom stereocenters. The number of benzene rings is 2. The minimum atomic E-state index is -0.176. The molecule has 1 aliphatic rings. The van der Waals surface area contributed by atoms with Gasteiger partial charge in [-0.3, -0.25) is 4.79 Å². The summed E-state index contributed by atoms with van der Waals surface area (Å²) in [7, 11) is 0. The first kappa shape index (κ1) is 19.1. The van der Waals surface area contributed by atoms with Gasteiger partial charge in [0.05, 0.1) is 11.0 Å². The molecule has 1 aliphatic heterocycles. The number of hydrogen-bond donors (Lipinski definition) is 2. The lowest BCUT2D eigenvalue weighted by atomic mass is 10.1. The number of para-hydroxylation sites is 2. The van der Waals surface area contributed by atoms with Gasteiger partial charge in [-0.1, -0.05) is 12.1 Å². The lowest BCUT2D eigenvalue weighted by Gasteiger charge is -2.28. The molecule has 4 aromatic rings. The summed E-state index contributed by atoms with van der Waals surface area (Å²) in [5.41, 5.74) is 9.66. The predicted molar refractivity (Wildman–Crippen MR) is 119 cm³/mol. The number of nitrogens with zero attached hydrogens (tertiary/aromatic N) is 5. The maximum absolute atomic E-state index is 12.9. The van der Waals surface area contributed by atoms with Crippen LogP contribution in [0.1, 0.15) is 19.3 Å². The standard InChI is InChI=1S/C22H23N7O2/c23-21-20(26-31-27-21)22-25-17-6-2-3-7-18(17)29(22)14-19(30)24-15-8-10-16(11-9-15)28-12-4-1-5-13-28/h2-3,6-11H,1,4-5,12-14H2,(H2,23,27)(H,24,30). The summed E-state index contributed by atoms with van der Waals surface area (Å²) in [6, 6.07) is 15.5. The van der Waals surface area contributed by atoms with E-state index in [4.69, 9.17) is 10.4 Å². The Kier molecular flexibility index (Phi) is 4.99. The van der Waals surface area contributed by atoms with E-state index in [1.165, 1.54) is 24.9 Å². The fraction of sp³-hybridized carbons (Fsp3) is 0.273. The van der Waals surface area contributed by atoms with Crippen molar-refractivity contribution in [1.29, 1.82) is 0 Å². The van der Waals surface area contributed by atoms with Crippen LogP contribution < -0.4 is 16.0 Å². The van der Waals surface area contributed by atoms with Crippen molar-refractivity contribution in [3.05, 3.63) is 48.5 Å². The molecule has 1 saturated heterocycles. The van der Waals surface area contributed by atoms with Gasteiger partial charge in [0.2, 0.25) is 5.91 Å². The molecule has 3 N–H and O–H groups in total. The lowest BCUT2D eigenvalue weighted by molar-refractivity contribution is -0.116. The molecular formula is C22H23N7O2. The topological polar surface area (TPSA) is 115 Å². The monoisotopic (exact) mass is 417 g/mol. The van der Waals surface area contributed by atoms with Crippen LogP contribution in [0.3, 0.4) is 0 Å². The van der Waals surface area contributed by atoms with Crippen LogP contribution in [-0.2, 0) is 11.3 Å². The Labute approximate surface area is 178 Å². The second kappa shape index (κ2) is 8.10. The number of nitrogens with one attached hydrogen (secondary N) is 1. The summed E-state index contributed by atoms with van der Waals surface area (Å²) in [5, 5.41) is 10.5. The summed E-state index contributed by atoms with van der Waals surface area (Å²) in [4.78, 5) is 19.8. The summed E-state index contributed by atoms with van der Waals surface area (Å²) in [5.74, 6) is 0.394. The highest BCUT2D eigenvalue weighted by atomic mass is 16.6. The SMILES string of the molecule is Nc1nonc1-c1nc2ccccc2n1CC(=O)Nc1ccc(N2CCCCC2)cc1. The molecule has 9 heteroatoms. The highest BCUT2D eigenvalue weighted by Crippen LogP contribution is 2.27. The van der Waals surface area contributed by atoms with Gasteiger partial charge in [0.1, 0.15) is 6.54 Å². The van der Waals surface area contributed by atoms with Gasteiger partial charge in [-0.15, -0.1) is 0 Å². The van der Waals surface area contributed by atoms with Gasteiger partial charge in [-0.2, -0.15) is 0 Å². The molecule has 0 saturated carbocycles. The van der Waals surface area contributed by atoms with Crippen LogP contribution in [0.2, 0.25) is 0 Å². The van der Waals surface area contributed by atoms with Crippen LogP contribution >= 0.6 is 0 Å². The summed E-state index contributed by atoms with van der Waals surface area (Å²) in [6.07, 6.45) is 3.75. The molecule has 1 fully saturated rings. The quantitative estimate of drug-likeness (QED) is 0.512. The van der Waals surface area contributed by atoms with E-state index in [1.807, 2.05) is 36.4 Å². The van der Waals surface area contributed by atoms with Gasteiger partial charge >= 0.3 is 0 Å². The average molecular weight is 417 g/mol.